The fourth-order valence-corrected chi connectivity index (χ4v) is 2.56. The summed E-state index contributed by atoms with van der Waals surface area (Å²) in [5.74, 6) is 1.04. The van der Waals surface area contributed by atoms with Gasteiger partial charge in [-0.05, 0) is 31.0 Å². The summed E-state index contributed by atoms with van der Waals surface area (Å²) in [5.41, 5.74) is 1.32. The van der Waals surface area contributed by atoms with Gasteiger partial charge in [0.05, 0.1) is 0 Å². The van der Waals surface area contributed by atoms with Crippen LogP contribution in [0.15, 0.2) is 42.7 Å². The van der Waals surface area contributed by atoms with E-state index in [2.05, 4.69) is 35.5 Å². The first-order valence-corrected chi connectivity index (χ1v) is 7.26. The van der Waals surface area contributed by atoms with Gasteiger partial charge in [-0.15, -0.1) is 0 Å². The third-order valence-electron chi connectivity index (χ3n) is 3.76. The molecule has 2 aromatic rings. The lowest BCUT2D eigenvalue weighted by atomic mass is 10.1. The van der Waals surface area contributed by atoms with Gasteiger partial charge in [-0.2, -0.15) is 5.10 Å². The Labute approximate surface area is 119 Å². The van der Waals surface area contributed by atoms with Gasteiger partial charge in [0.25, 0.3) is 0 Å². The second kappa shape index (κ2) is 6.09. The number of nitrogens with zero attached hydrogens (tertiary/aromatic N) is 2. The zero-order valence-electron chi connectivity index (χ0n) is 11.8. The summed E-state index contributed by atoms with van der Waals surface area (Å²) < 4.78 is 7.90. The van der Waals surface area contributed by atoms with Crippen molar-refractivity contribution in [2.45, 2.75) is 38.5 Å². The average molecular weight is 271 g/mol. The second-order valence-electron chi connectivity index (χ2n) is 5.42. The van der Waals surface area contributed by atoms with Crippen molar-refractivity contribution < 1.29 is 4.74 Å². The zero-order chi connectivity index (χ0) is 13.8. The van der Waals surface area contributed by atoms with Crippen LogP contribution in [0.4, 0.5) is 0 Å². The van der Waals surface area contributed by atoms with Gasteiger partial charge in [0.1, 0.15) is 11.9 Å². The molecule has 0 fully saturated rings. The molecule has 1 aliphatic rings. The number of fused-ring (bicyclic) bond motifs is 1. The Balaban J connectivity index is 1.40. The summed E-state index contributed by atoms with van der Waals surface area (Å²) in [6.07, 6.45) is 6.17. The summed E-state index contributed by atoms with van der Waals surface area (Å²) in [6.45, 7) is 4.06. The van der Waals surface area contributed by atoms with Gasteiger partial charge < -0.3 is 10.1 Å². The highest BCUT2D eigenvalue weighted by molar-refractivity contribution is 5.37. The molecule has 1 aliphatic heterocycles. The average Bonchev–Trinajstić information content (AvgIpc) is 3.11. The number of rotatable bonds is 6. The number of hydrogen-bond acceptors (Lipinski definition) is 3. The molecule has 20 heavy (non-hydrogen) atoms. The first-order valence-electron chi connectivity index (χ1n) is 7.26. The molecule has 1 aromatic carbocycles. The number of benzene rings is 1. The lowest BCUT2D eigenvalue weighted by Gasteiger charge is -2.17. The van der Waals surface area contributed by atoms with Gasteiger partial charge in [0.15, 0.2) is 0 Å². The molecule has 1 N–H and O–H groups in total. The van der Waals surface area contributed by atoms with E-state index in [1.165, 1.54) is 5.56 Å². The summed E-state index contributed by atoms with van der Waals surface area (Å²) in [4.78, 5) is 0. The number of para-hydroxylation sites is 1. The van der Waals surface area contributed by atoms with Crippen LogP contribution < -0.4 is 10.1 Å². The highest BCUT2D eigenvalue weighted by atomic mass is 16.5. The van der Waals surface area contributed by atoms with E-state index in [0.29, 0.717) is 6.04 Å². The minimum atomic E-state index is 0.263. The van der Waals surface area contributed by atoms with Crippen LogP contribution in [0.3, 0.4) is 0 Å². The van der Waals surface area contributed by atoms with Crippen LogP contribution in [0.5, 0.6) is 5.75 Å². The Morgan fingerprint density at radius 2 is 2.30 bits per heavy atom. The van der Waals surface area contributed by atoms with Crippen LogP contribution in [0.25, 0.3) is 0 Å². The highest BCUT2D eigenvalue weighted by Gasteiger charge is 2.22. The lowest BCUT2D eigenvalue weighted by Crippen LogP contribution is -2.36. The van der Waals surface area contributed by atoms with Gasteiger partial charge in [0, 0.05) is 37.9 Å². The van der Waals surface area contributed by atoms with Crippen LogP contribution >= 0.6 is 0 Å². The van der Waals surface area contributed by atoms with E-state index in [4.69, 9.17) is 4.74 Å². The molecule has 106 valence electrons. The lowest BCUT2D eigenvalue weighted by molar-refractivity contribution is 0.220. The van der Waals surface area contributed by atoms with E-state index in [1.807, 2.05) is 29.2 Å². The van der Waals surface area contributed by atoms with Crippen molar-refractivity contribution in [2.75, 3.05) is 6.54 Å². The maximum atomic E-state index is 5.93. The van der Waals surface area contributed by atoms with Gasteiger partial charge >= 0.3 is 0 Å². The fourth-order valence-electron chi connectivity index (χ4n) is 2.56. The summed E-state index contributed by atoms with van der Waals surface area (Å²) in [5, 5.41) is 7.77. The number of hydrogen-bond donors (Lipinski definition) is 1. The van der Waals surface area contributed by atoms with E-state index in [-0.39, 0.29) is 6.10 Å². The molecule has 0 radical (unpaired) electrons. The van der Waals surface area contributed by atoms with Crippen LogP contribution in [0.1, 0.15) is 18.9 Å². The molecule has 2 heterocycles. The molecule has 0 saturated heterocycles. The molecule has 4 nitrogen and oxygen atoms in total. The molecular weight excluding hydrogens is 250 g/mol. The molecule has 0 bridgehead atoms. The molecule has 0 unspecified atom stereocenters. The molecule has 0 saturated carbocycles. The summed E-state index contributed by atoms with van der Waals surface area (Å²) >= 11 is 0. The predicted molar refractivity (Wildman–Crippen MR) is 78.9 cm³/mol. The van der Waals surface area contributed by atoms with E-state index in [9.17, 15) is 0 Å². The maximum absolute atomic E-state index is 5.93. The van der Waals surface area contributed by atoms with E-state index >= 15 is 0 Å². The van der Waals surface area contributed by atoms with Crippen molar-refractivity contribution in [3.05, 3.63) is 48.3 Å². The van der Waals surface area contributed by atoms with E-state index < -0.39 is 0 Å². The molecule has 0 aliphatic carbocycles. The molecule has 4 heteroatoms. The minimum absolute atomic E-state index is 0.263. The van der Waals surface area contributed by atoms with Crippen LogP contribution in [-0.2, 0) is 13.0 Å². The van der Waals surface area contributed by atoms with Crippen molar-refractivity contribution in [1.29, 1.82) is 0 Å². The number of ether oxygens (including phenoxy) is 1. The number of aromatic nitrogens is 2. The first kappa shape index (κ1) is 13.2. The summed E-state index contributed by atoms with van der Waals surface area (Å²) in [7, 11) is 0. The standard InChI is InChI=1S/C16H21N3O/c1-13(7-10-19-9-4-8-18-19)17-12-15-11-14-5-2-3-6-16(14)20-15/h2-6,8-9,13,15,17H,7,10-12H2,1H3/t13-,15-/m0/s1. The SMILES string of the molecule is C[C@@H](CCn1cccn1)NC[C@@H]1Cc2ccccc2O1. The van der Waals surface area contributed by atoms with E-state index in [0.717, 1.165) is 31.7 Å². The minimum Gasteiger partial charge on any atom is -0.488 e. The third-order valence-corrected chi connectivity index (χ3v) is 3.76. The monoisotopic (exact) mass is 271 g/mol. The van der Waals surface area contributed by atoms with Crippen LogP contribution in [-0.4, -0.2) is 28.5 Å². The topological polar surface area (TPSA) is 39.1 Å². The third kappa shape index (κ3) is 3.20. The molecule has 0 spiro atoms. The number of aryl methyl sites for hydroxylation is 1. The Hall–Kier alpha value is -1.81. The smallest absolute Gasteiger partial charge is 0.123 e. The zero-order valence-corrected chi connectivity index (χ0v) is 11.8. The fraction of sp³-hybridized carbons (Fsp3) is 0.438. The molecular formula is C16H21N3O. The van der Waals surface area contributed by atoms with Crippen molar-refractivity contribution in [3.8, 4) is 5.75 Å². The van der Waals surface area contributed by atoms with Crippen molar-refractivity contribution >= 4 is 0 Å². The largest absolute Gasteiger partial charge is 0.488 e. The quantitative estimate of drug-likeness (QED) is 0.876. The van der Waals surface area contributed by atoms with Crippen molar-refractivity contribution in [1.82, 2.24) is 15.1 Å². The summed E-state index contributed by atoms with van der Waals surface area (Å²) in [6, 6.07) is 10.7. The predicted octanol–water partition coefficient (Wildman–Crippen LogP) is 2.25. The van der Waals surface area contributed by atoms with Crippen molar-refractivity contribution in [3.63, 3.8) is 0 Å². The molecule has 1 aromatic heterocycles. The molecule has 2 atom stereocenters. The van der Waals surface area contributed by atoms with Gasteiger partial charge in [-0.3, -0.25) is 4.68 Å². The highest BCUT2D eigenvalue weighted by Crippen LogP contribution is 2.27. The van der Waals surface area contributed by atoms with Gasteiger partial charge in [-0.1, -0.05) is 18.2 Å². The van der Waals surface area contributed by atoms with Crippen LogP contribution in [0, 0.1) is 0 Å². The first-order chi connectivity index (χ1) is 9.81. The maximum Gasteiger partial charge on any atom is 0.123 e. The Morgan fingerprint density at radius 3 is 3.10 bits per heavy atom. The Kier molecular flexibility index (Phi) is 4.02. The van der Waals surface area contributed by atoms with E-state index in [1.54, 1.807) is 0 Å². The molecule has 0 amide bonds. The van der Waals surface area contributed by atoms with Crippen molar-refractivity contribution in [2.24, 2.45) is 0 Å². The second-order valence-corrected chi connectivity index (χ2v) is 5.42. The van der Waals surface area contributed by atoms with Crippen LogP contribution in [0.2, 0.25) is 0 Å². The number of nitrogens with one attached hydrogen (secondary N) is 1. The Bertz CT molecular complexity index is 513. The van der Waals surface area contributed by atoms with Gasteiger partial charge in [-0.25, -0.2) is 0 Å². The normalized spacial score (nSPS) is 18.6. The van der Waals surface area contributed by atoms with Gasteiger partial charge in [0.2, 0.25) is 0 Å². The Morgan fingerprint density at radius 1 is 1.40 bits per heavy atom. The molecule has 3 rings (SSSR count).